The van der Waals surface area contributed by atoms with Crippen LogP contribution < -0.4 is 4.90 Å². The Kier molecular flexibility index (Phi) is 3.66. The van der Waals surface area contributed by atoms with E-state index in [1.807, 2.05) is 18.2 Å². The van der Waals surface area contributed by atoms with Crippen molar-refractivity contribution in [1.82, 2.24) is 14.6 Å². The summed E-state index contributed by atoms with van der Waals surface area (Å²) in [6.07, 6.45) is 7.23. The predicted molar refractivity (Wildman–Crippen MR) is 102 cm³/mol. The van der Waals surface area contributed by atoms with E-state index in [-0.39, 0.29) is 0 Å². The Bertz CT molecular complexity index is 940. The first-order chi connectivity index (χ1) is 12.3. The zero-order valence-corrected chi connectivity index (χ0v) is 15.0. The Morgan fingerprint density at radius 2 is 1.80 bits per heavy atom. The Morgan fingerprint density at radius 3 is 2.64 bits per heavy atom. The van der Waals surface area contributed by atoms with Gasteiger partial charge in [-0.05, 0) is 50.7 Å². The first kappa shape index (κ1) is 15.2. The lowest BCUT2D eigenvalue weighted by atomic mass is 9.96. The van der Waals surface area contributed by atoms with E-state index in [2.05, 4.69) is 21.5 Å². The van der Waals surface area contributed by atoms with Gasteiger partial charge in [0.1, 0.15) is 5.82 Å². The van der Waals surface area contributed by atoms with Crippen molar-refractivity contribution in [3.05, 3.63) is 46.6 Å². The highest BCUT2D eigenvalue weighted by atomic mass is 35.5. The van der Waals surface area contributed by atoms with Crippen molar-refractivity contribution in [2.75, 3.05) is 18.0 Å². The van der Waals surface area contributed by atoms with E-state index in [1.165, 1.54) is 42.8 Å². The van der Waals surface area contributed by atoms with Gasteiger partial charge in [0.25, 0.3) is 0 Å². The van der Waals surface area contributed by atoms with Crippen molar-refractivity contribution in [3.63, 3.8) is 0 Å². The topological polar surface area (TPSA) is 33.4 Å². The molecule has 1 fully saturated rings. The summed E-state index contributed by atoms with van der Waals surface area (Å²) in [5.74, 6) is 1.28. The molecule has 3 heterocycles. The summed E-state index contributed by atoms with van der Waals surface area (Å²) in [7, 11) is 0. The average molecular weight is 353 g/mol. The molecule has 1 saturated heterocycles. The number of benzene rings is 1. The Hall–Kier alpha value is -2.07. The second-order valence-corrected chi connectivity index (χ2v) is 7.51. The first-order valence-electron chi connectivity index (χ1n) is 9.22. The minimum absolute atomic E-state index is 0.738. The second kappa shape index (κ2) is 6.03. The van der Waals surface area contributed by atoms with Crippen LogP contribution in [-0.2, 0) is 12.8 Å². The highest BCUT2D eigenvalue weighted by molar-refractivity contribution is 6.30. The molecule has 2 aromatic heterocycles. The highest BCUT2D eigenvalue weighted by Crippen LogP contribution is 2.33. The van der Waals surface area contributed by atoms with Crippen LogP contribution in [0.5, 0.6) is 0 Å². The van der Waals surface area contributed by atoms with Gasteiger partial charge in [-0.25, -0.2) is 4.98 Å². The molecule has 0 unspecified atom stereocenters. The predicted octanol–water partition coefficient (Wildman–Crippen LogP) is 4.53. The monoisotopic (exact) mass is 352 g/mol. The molecule has 0 bridgehead atoms. The van der Waals surface area contributed by atoms with Crippen LogP contribution in [0.2, 0.25) is 5.02 Å². The summed E-state index contributed by atoms with van der Waals surface area (Å²) in [6, 6.07) is 10.00. The number of rotatable bonds is 2. The summed E-state index contributed by atoms with van der Waals surface area (Å²) in [4.78, 5) is 7.46. The standard InChI is InChI=1S/C20H21ClN4/c21-15-7-5-6-14(12-15)18-13-19-22-17-9-2-1-8-16(17)20(25(19)23-18)24-10-3-4-11-24/h5-7,12-13H,1-4,8-11H2. The molecule has 1 aliphatic heterocycles. The molecule has 0 N–H and O–H groups in total. The molecule has 25 heavy (non-hydrogen) atoms. The molecule has 5 rings (SSSR count). The van der Waals surface area contributed by atoms with Crippen molar-refractivity contribution in [2.24, 2.45) is 0 Å². The fourth-order valence-electron chi connectivity index (χ4n) is 4.17. The van der Waals surface area contributed by atoms with Crippen LogP contribution in [-0.4, -0.2) is 27.7 Å². The van der Waals surface area contributed by atoms with Gasteiger partial charge in [0, 0.05) is 41.0 Å². The van der Waals surface area contributed by atoms with Crippen LogP contribution in [0, 0.1) is 0 Å². The Morgan fingerprint density at radius 1 is 0.960 bits per heavy atom. The second-order valence-electron chi connectivity index (χ2n) is 7.07. The molecule has 128 valence electrons. The van der Waals surface area contributed by atoms with Crippen LogP contribution in [0.15, 0.2) is 30.3 Å². The summed E-state index contributed by atoms with van der Waals surface area (Å²) < 4.78 is 2.08. The average Bonchev–Trinajstić information content (AvgIpc) is 3.29. The Labute approximate surface area is 152 Å². The van der Waals surface area contributed by atoms with Crippen LogP contribution in [0.1, 0.15) is 36.9 Å². The van der Waals surface area contributed by atoms with Gasteiger partial charge in [0.15, 0.2) is 5.65 Å². The normalized spacial score (nSPS) is 17.2. The lowest BCUT2D eigenvalue weighted by molar-refractivity contribution is 0.655. The van der Waals surface area contributed by atoms with Crippen LogP contribution in [0.25, 0.3) is 16.9 Å². The summed E-state index contributed by atoms with van der Waals surface area (Å²) in [6.45, 7) is 2.25. The van der Waals surface area contributed by atoms with E-state index < -0.39 is 0 Å². The molecule has 0 radical (unpaired) electrons. The molecule has 1 aliphatic carbocycles. The highest BCUT2D eigenvalue weighted by Gasteiger charge is 2.25. The number of nitrogens with zero attached hydrogens (tertiary/aromatic N) is 4. The van der Waals surface area contributed by atoms with Crippen molar-refractivity contribution in [1.29, 1.82) is 0 Å². The number of anilines is 1. The minimum Gasteiger partial charge on any atom is -0.356 e. The van der Waals surface area contributed by atoms with Gasteiger partial charge in [-0.3, -0.25) is 0 Å². The molecule has 1 aromatic carbocycles. The third-order valence-corrected chi connectivity index (χ3v) is 5.61. The smallest absolute Gasteiger partial charge is 0.158 e. The number of fused-ring (bicyclic) bond motifs is 2. The van der Waals surface area contributed by atoms with Crippen molar-refractivity contribution >= 4 is 23.1 Å². The molecule has 4 nitrogen and oxygen atoms in total. The SMILES string of the molecule is Clc1cccc(-c2cc3nc4c(c(N5CCCC5)n3n2)CCCC4)c1. The van der Waals surface area contributed by atoms with Crippen molar-refractivity contribution < 1.29 is 0 Å². The third-order valence-electron chi connectivity index (χ3n) is 5.38. The van der Waals surface area contributed by atoms with E-state index in [1.54, 1.807) is 0 Å². The first-order valence-corrected chi connectivity index (χ1v) is 9.60. The van der Waals surface area contributed by atoms with Gasteiger partial charge in [-0.1, -0.05) is 23.7 Å². The Balaban J connectivity index is 1.73. The van der Waals surface area contributed by atoms with Gasteiger partial charge in [-0.15, -0.1) is 0 Å². The van der Waals surface area contributed by atoms with Gasteiger partial charge in [0.2, 0.25) is 0 Å². The number of hydrogen-bond donors (Lipinski definition) is 0. The molecule has 5 heteroatoms. The van der Waals surface area contributed by atoms with E-state index in [4.69, 9.17) is 21.7 Å². The third kappa shape index (κ3) is 2.60. The van der Waals surface area contributed by atoms with Crippen molar-refractivity contribution in [3.8, 4) is 11.3 Å². The number of hydrogen-bond acceptors (Lipinski definition) is 3. The maximum Gasteiger partial charge on any atom is 0.158 e. The van der Waals surface area contributed by atoms with Crippen LogP contribution >= 0.6 is 11.6 Å². The van der Waals surface area contributed by atoms with Gasteiger partial charge >= 0.3 is 0 Å². The number of halogens is 1. The number of aromatic nitrogens is 3. The molecule has 0 amide bonds. The van der Waals surface area contributed by atoms with E-state index in [9.17, 15) is 0 Å². The summed E-state index contributed by atoms with van der Waals surface area (Å²) in [5.41, 5.74) is 5.64. The van der Waals surface area contributed by atoms with Gasteiger partial charge < -0.3 is 4.90 Å². The molecule has 0 atom stereocenters. The largest absolute Gasteiger partial charge is 0.356 e. The lowest BCUT2D eigenvalue weighted by Crippen LogP contribution is -2.25. The van der Waals surface area contributed by atoms with Gasteiger partial charge in [0.05, 0.1) is 5.69 Å². The maximum atomic E-state index is 6.17. The van der Waals surface area contributed by atoms with Crippen molar-refractivity contribution in [2.45, 2.75) is 38.5 Å². The number of aryl methyl sites for hydroxylation is 1. The minimum atomic E-state index is 0.738. The van der Waals surface area contributed by atoms with E-state index in [0.29, 0.717) is 0 Å². The molecule has 0 saturated carbocycles. The van der Waals surface area contributed by atoms with Crippen LogP contribution in [0.3, 0.4) is 0 Å². The quantitative estimate of drug-likeness (QED) is 0.679. The molecule has 3 aromatic rings. The van der Waals surface area contributed by atoms with Gasteiger partial charge in [-0.2, -0.15) is 9.61 Å². The van der Waals surface area contributed by atoms with E-state index in [0.717, 1.165) is 47.9 Å². The maximum absolute atomic E-state index is 6.17. The molecular formula is C20H21ClN4. The molecular weight excluding hydrogens is 332 g/mol. The molecule has 2 aliphatic rings. The van der Waals surface area contributed by atoms with Crippen LogP contribution in [0.4, 0.5) is 5.82 Å². The zero-order valence-electron chi connectivity index (χ0n) is 14.2. The fourth-order valence-corrected chi connectivity index (χ4v) is 4.36. The fraction of sp³-hybridized carbons (Fsp3) is 0.400. The summed E-state index contributed by atoms with van der Waals surface area (Å²) >= 11 is 6.17. The zero-order chi connectivity index (χ0) is 16.8. The molecule has 0 spiro atoms. The van der Waals surface area contributed by atoms with E-state index >= 15 is 0 Å². The lowest BCUT2D eigenvalue weighted by Gasteiger charge is -2.26. The summed E-state index contributed by atoms with van der Waals surface area (Å²) in [5, 5.41) is 5.67.